The number of likely N-dealkylation sites (N-methyl/N-ethyl adjacent to an activating group) is 3. The first kappa shape index (κ1) is 20.0. The fourth-order valence-corrected chi connectivity index (χ4v) is 2.48. The van der Waals surface area contributed by atoms with Gasteiger partial charge in [0.05, 0.1) is 0 Å². The smallest absolute Gasteiger partial charge is 0.333 e. The van der Waals surface area contributed by atoms with Crippen LogP contribution in [0.2, 0.25) is 0 Å². The Morgan fingerprint density at radius 2 is 1.67 bits per heavy atom. The molecule has 1 heterocycles. The number of imide groups is 2. The lowest BCUT2D eigenvalue weighted by atomic mass is 10.1. The van der Waals surface area contributed by atoms with Crippen molar-refractivity contribution in [3.05, 3.63) is 71.7 Å². The Morgan fingerprint density at radius 1 is 1.07 bits per heavy atom. The van der Waals surface area contributed by atoms with E-state index in [0.717, 1.165) is 28.8 Å². The van der Waals surface area contributed by atoms with E-state index in [1.807, 2.05) is 30.1 Å². The van der Waals surface area contributed by atoms with Gasteiger partial charge in [-0.3, -0.25) is 19.4 Å². The standard InChI is InChI=1S/C20H23N3O4/c1-21(13-11-15-8-5-4-6-9-15)12-7-10-16(24)14-17-18(25)22(2)20(27)23(3)19(17)26/h4-10,12,14,24H,11,13H2,1-3H3/b12-7+,16-10-. The quantitative estimate of drug-likeness (QED) is 0.359. The molecule has 2 rings (SSSR count). The molecule has 4 amide bonds. The molecular weight excluding hydrogens is 346 g/mol. The second kappa shape index (κ2) is 8.84. The van der Waals surface area contributed by atoms with Crippen molar-refractivity contribution in [2.75, 3.05) is 27.7 Å². The molecule has 1 fully saturated rings. The van der Waals surface area contributed by atoms with Crippen molar-refractivity contribution in [2.24, 2.45) is 0 Å². The summed E-state index contributed by atoms with van der Waals surface area (Å²) >= 11 is 0. The minimum atomic E-state index is -0.744. The zero-order valence-electron chi connectivity index (χ0n) is 15.6. The summed E-state index contributed by atoms with van der Waals surface area (Å²) in [6.07, 6.45) is 6.73. The summed E-state index contributed by atoms with van der Waals surface area (Å²) in [5.41, 5.74) is 0.970. The number of barbiturate groups is 1. The number of rotatable bonds is 6. The Hall–Kier alpha value is -3.35. The van der Waals surface area contributed by atoms with Crippen molar-refractivity contribution in [1.29, 1.82) is 0 Å². The van der Waals surface area contributed by atoms with Crippen molar-refractivity contribution in [2.45, 2.75) is 6.42 Å². The lowest BCUT2D eigenvalue weighted by Gasteiger charge is -2.28. The monoisotopic (exact) mass is 369 g/mol. The molecule has 7 heteroatoms. The first-order valence-corrected chi connectivity index (χ1v) is 8.44. The van der Waals surface area contributed by atoms with Crippen molar-refractivity contribution >= 4 is 17.8 Å². The molecule has 1 saturated heterocycles. The van der Waals surface area contributed by atoms with Crippen LogP contribution in [0.5, 0.6) is 0 Å². The molecule has 0 spiro atoms. The first-order chi connectivity index (χ1) is 12.8. The lowest BCUT2D eigenvalue weighted by molar-refractivity contribution is -0.134. The molecule has 1 N–H and O–H groups in total. The highest BCUT2D eigenvalue weighted by Crippen LogP contribution is 2.15. The van der Waals surface area contributed by atoms with Gasteiger partial charge in [0.2, 0.25) is 0 Å². The number of carbonyl (C=O) groups is 3. The predicted molar refractivity (Wildman–Crippen MR) is 102 cm³/mol. The van der Waals surface area contributed by atoms with Gasteiger partial charge in [-0.05, 0) is 36.4 Å². The van der Waals surface area contributed by atoms with Gasteiger partial charge in [0, 0.05) is 27.7 Å². The van der Waals surface area contributed by atoms with E-state index >= 15 is 0 Å². The topological polar surface area (TPSA) is 81.2 Å². The molecule has 0 aromatic heterocycles. The number of benzene rings is 1. The molecule has 0 aliphatic carbocycles. The van der Waals surface area contributed by atoms with Gasteiger partial charge >= 0.3 is 6.03 Å². The second-order valence-corrected chi connectivity index (χ2v) is 6.22. The number of nitrogens with zero attached hydrogens (tertiary/aromatic N) is 3. The fourth-order valence-electron chi connectivity index (χ4n) is 2.48. The van der Waals surface area contributed by atoms with Crippen LogP contribution in [-0.4, -0.2) is 65.3 Å². The van der Waals surface area contributed by atoms with Crippen molar-refractivity contribution in [3.8, 4) is 0 Å². The van der Waals surface area contributed by atoms with Crippen molar-refractivity contribution in [3.63, 3.8) is 0 Å². The Balaban J connectivity index is 1.98. The van der Waals surface area contributed by atoms with Crippen LogP contribution in [0.25, 0.3) is 0 Å². The Kier molecular flexibility index (Phi) is 6.54. The summed E-state index contributed by atoms with van der Waals surface area (Å²) in [6.45, 7) is 0.797. The predicted octanol–water partition coefficient (Wildman–Crippen LogP) is 2.09. The third-order valence-electron chi connectivity index (χ3n) is 4.14. The van der Waals surface area contributed by atoms with E-state index in [-0.39, 0.29) is 11.3 Å². The van der Waals surface area contributed by atoms with Crippen molar-refractivity contribution < 1.29 is 19.5 Å². The van der Waals surface area contributed by atoms with Crippen LogP contribution in [0, 0.1) is 0 Å². The van der Waals surface area contributed by atoms with Crippen LogP contribution in [0.3, 0.4) is 0 Å². The van der Waals surface area contributed by atoms with Crippen molar-refractivity contribution in [1.82, 2.24) is 14.7 Å². The molecular formula is C20H23N3O4. The number of carbonyl (C=O) groups excluding carboxylic acids is 3. The minimum Gasteiger partial charge on any atom is -0.508 e. The van der Waals surface area contributed by atoms with Crippen LogP contribution in [0.4, 0.5) is 4.79 Å². The molecule has 0 atom stereocenters. The second-order valence-electron chi connectivity index (χ2n) is 6.22. The van der Waals surface area contributed by atoms with Gasteiger partial charge in [-0.15, -0.1) is 0 Å². The fraction of sp³-hybridized carbons (Fsp3) is 0.250. The first-order valence-electron chi connectivity index (χ1n) is 8.44. The summed E-state index contributed by atoms with van der Waals surface area (Å²) in [5.74, 6) is -1.74. The number of hydrogen-bond acceptors (Lipinski definition) is 5. The van der Waals surface area contributed by atoms with Crippen LogP contribution < -0.4 is 0 Å². The summed E-state index contributed by atoms with van der Waals surface area (Å²) < 4.78 is 0. The zero-order valence-corrected chi connectivity index (χ0v) is 15.6. The van der Waals surface area contributed by atoms with E-state index in [0.29, 0.717) is 0 Å². The SMILES string of the molecule is CN(/C=C/C=C(\O)C=C1C(=O)N(C)C(=O)N(C)C1=O)CCc1ccccc1. The number of urea groups is 1. The lowest BCUT2D eigenvalue weighted by Crippen LogP contribution is -2.53. The summed E-state index contributed by atoms with van der Waals surface area (Å²) in [4.78, 5) is 39.4. The highest BCUT2D eigenvalue weighted by molar-refractivity contribution is 6.28. The minimum absolute atomic E-state index is 0.254. The number of aliphatic hydroxyl groups excluding tert-OH is 1. The van der Waals surface area contributed by atoms with Gasteiger partial charge in [-0.1, -0.05) is 30.3 Å². The Labute approximate surface area is 158 Å². The number of allylic oxidation sites excluding steroid dienone is 3. The number of aliphatic hydroxyl groups is 1. The largest absolute Gasteiger partial charge is 0.508 e. The van der Waals surface area contributed by atoms with E-state index < -0.39 is 17.8 Å². The Morgan fingerprint density at radius 3 is 2.26 bits per heavy atom. The molecule has 0 unspecified atom stereocenters. The van der Waals surface area contributed by atoms with Gasteiger partial charge < -0.3 is 10.0 Å². The molecule has 142 valence electrons. The van der Waals surface area contributed by atoms with Gasteiger partial charge in [-0.2, -0.15) is 0 Å². The maximum absolute atomic E-state index is 12.1. The third-order valence-corrected chi connectivity index (χ3v) is 4.14. The van der Waals surface area contributed by atoms with Crippen LogP contribution in [0.1, 0.15) is 5.56 Å². The van der Waals surface area contributed by atoms with Gasteiger partial charge in [0.15, 0.2) is 0 Å². The maximum Gasteiger partial charge on any atom is 0.333 e. The average Bonchev–Trinajstić information content (AvgIpc) is 2.67. The molecule has 7 nitrogen and oxygen atoms in total. The molecule has 0 saturated carbocycles. The molecule has 1 aromatic carbocycles. The summed E-state index contributed by atoms with van der Waals surface area (Å²) in [5, 5.41) is 9.98. The van der Waals surface area contributed by atoms with E-state index in [1.54, 1.807) is 12.3 Å². The third kappa shape index (κ3) is 5.07. The normalized spacial score (nSPS) is 15.7. The summed E-state index contributed by atoms with van der Waals surface area (Å²) in [7, 11) is 4.47. The average molecular weight is 369 g/mol. The van der Waals surface area contributed by atoms with E-state index in [2.05, 4.69) is 12.1 Å². The van der Waals surface area contributed by atoms with Gasteiger partial charge in [0.1, 0.15) is 11.3 Å². The molecule has 0 radical (unpaired) electrons. The summed E-state index contributed by atoms with van der Waals surface area (Å²) in [6, 6.07) is 9.39. The molecule has 1 aromatic rings. The molecule has 27 heavy (non-hydrogen) atoms. The molecule has 0 bridgehead atoms. The maximum atomic E-state index is 12.1. The highest BCUT2D eigenvalue weighted by Gasteiger charge is 2.37. The van der Waals surface area contributed by atoms with E-state index in [1.165, 1.54) is 25.7 Å². The number of amides is 4. The Bertz CT molecular complexity index is 786. The van der Waals surface area contributed by atoms with Gasteiger partial charge in [-0.25, -0.2) is 4.79 Å². The van der Waals surface area contributed by atoms with Crippen LogP contribution in [-0.2, 0) is 16.0 Å². The van der Waals surface area contributed by atoms with E-state index in [9.17, 15) is 19.5 Å². The van der Waals surface area contributed by atoms with E-state index in [4.69, 9.17) is 0 Å². The highest BCUT2D eigenvalue weighted by atomic mass is 16.3. The van der Waals surface area contributed by atoms with Crippen LogP contribution >= 0.6 is 0 Å². The van der Waals surface area contributed by atoms with Gasteiger partial charge in [0.25, 0.3) is 11.8 Å². The number of hydrogen-bond donors (Lipinski definition) is 1. The van der Waals surface area contributed by atoms with Crippen LogP contribution in [0.15, 0.2) is 66.1 Å². The molecule has 1 aliphatic heterocycles. The zero-order chi connectivity index (χ0) is 20.0. The molecule has 1 aliphatic rings.